The second-order valence-electron chi connectivity index (χ2n) is 7.65. The van der Waals surface area contributed by atoms with Crippen molar-refractivity contribution >= 4 is 23.1 Å². The molecular weight excluding hydrogens is 358 g/mol. The summed E-state index contributed by atoms with van der Waals surface area (Å²) >= 11 is 5.02. The number of aliphatic imine (C=N–C) groups is 1. The molecule has 0 heterocycles. The van der Waals surface area contributed by atoms with Crippen molar-refractivity contribution in [3.63, 3.8) is 0 Å². The molecule has 0 amide bonds. The van der Waals surface area contributed by atoms with Gasteiger partial charge in [-0.15, -0.1) is 0 Å². The number of hydrogen-bond donors (Lipinski definition) is 0. The Bertz CT molecular complexity index is 876. The molecule has 1 aliphatic carbocycles. The normalized spacial score (nSPS) is 14.0. The van der Waals surface area contributed by atoms with Crippen molar-refractivity contribution in [2.24, 2.45) is 4.99 Å². The van der Waals surface area contributed by atoms with Gasteiger partial charge in [-0.25, -0.2) is 0 Å². The third-order valence-corrected chi connectivity index (χ3v) is 5.73. The van der Waals surface area contributed by atoms with Crippen molar-refractivity contribution in [2.75, 3.05) is 0 Å². The molecule has 0 atom stereocenters. The molecular formula is C26H29NS. The second-order valence-corrected chi connectivity index (χ2v) is 7.83. The topological polar surface area (TPSA) is 12.4 Å². The van der Waals surface area contributed by atoms with Crippen molar-refractivity contribution < 1.29 is 0 Å². The Morgan fingerprint density at radius 3 is 2.46 bits per heavy atom. The maximum atomic E-state index is 5.02. The number of unbranched alkanes of at least 4 members (excludes halogenated alkanes) is 2. The average molecular weight is 388 g/mol. The average Bonchev–Trinajstić information content (AvgIpc) is 2.75. The van der Waals surface area contributed by atoms with Crippen molar-refractivity contribution in [1.82, 2.24) is 0 Å². The van der Waals surface area contributed by atoms with Gasteiger partial charge in [-0.05, 0) is 73.1 Å². The number of aryl methyl sites for hydroxylation is 1. The monoisotopic (exact) mass is 387 g/mol. The lowest BCUT2D eigenvalue weighted by Gasteiger charge is -2.25. The standard InChI is InChI=1S/C26H29NS/c1-2-3-6-15-24-19-18-23(17-16-21-11-7-4-8-12-21)25(26(24)27-20-28)22-13-9-5-10-14-22/h4,7-8,11-12,18-19,22H,2-3,5-6,9-10,13-15H2,1H3. The zero-order valence-corrected chi connectivity index (χ0v) is 17.7. The first-order chi connectivity index (χ1) is 13.8. The van der Waals surface area contributed by atoms with E-state index in [9.17, 15) is 0 Å². The molecule has 0 radical (unpaired) electrons. The molecule has 1 fully saturated rings. The van der Waals surface area contributed by atoms with Crippen LogP contribution < -0.4 is 0 Å². The maximum Gasteiger partial charge on any atom is 0.0818 e. The van der Waals surface area contributed by atoms with Gasteiger partial charge in [0.25, 0.3) is 0 Å². The minimum absolute atomic E-state index is 0.530. The van der Waals surface area contributed by atoms with Crippen LogP contribution in [0.4, 0.5) is 5.69 Å². The van der Waals surface area contributed by atoms with Crippen LogP contribution in [0.15, 0.2) is 47.5 Å². The highest BCUT2D eigenvalue weighted by Crippen LogP contribution is 2.41. The van der Waals surface area contributed by atoms with Crippen molar-refractivity contribution in [1.29, 1.82) is 0 Å². The summed E-state index contributed by atoms with van der Waals surface area (Å²) in [6.45, 7) is 2.24. The van der Waals surface area contributed by atoms with E-state index >= 15 is 0 Å². The molecule has 2 heteroatoms. The zero-order valence-electron chi connectivity index (χ0n) is 16.8. The van der Waals surface area contributed by atoms with E-state index in [0.29, 0.717) is 5.92 Å². The lowest BCUT2D eigenvalue weighted by atomic mass is 9.80. The number of hydrogen-bond acceptors (Lipinski definition) is 2. The molecule has 1 aliphatic rings. The van der Waals surface area contributed by atoms with E-state index < -0.39 is 0 Å². The molecule has 0 bridgehead atoms. The van der Waals surface area contributed by atoms with Gasteiger partial charge >= 0.3 is 0 Å². The van der Waals surface area contributed by atoms with Crippen molar-refractivity contribution in [3.8, 4) is 11.8 Å². The Hall–Kier alpha value is -2.20. The van der Waals surface area contributed by atoms with Gasteiger partial charge in [-0.1, -0.05) is 75.1 Å². The fourth-order valence-electron chi connectivity index (χ4n) is 4.17. The van der Waals surface area contributed by atoms with E-state index in [4.69, 9.17) is 12.2 Å². The van der Waals surface area contributed by atoms with Crippen LogP contribution in [-0.2, 0) is 6.42 Å². The molecule has 0 N–H and O–H groups in total. The number of benzene rings is 2. The van der Waals surface area contributed by atoms with Crippen LogP contribution in [-0.4, -0.2) is 5.16 Å². The van der Waals surface area contributed by atoms with Gasteiger partial charge < -0.3 is 0 Å². The summed E-state index contributed by atoms with van der Waals surface area (Å²) in [6, 6.07) is 14.6. The first-order valence-electron chi connectivity index (χ1n) is 10.6. The van der Waals surface area contributed by atoms with Gasteiger partial charge in [0.05, 0.1) is 10.8 Å². The fraction of sp³-hybridized carbons (Fsp3) is 0.423. The molecule has 0 aliphatic heterocycles. The SMILES string of the molecule is CCCCCc1ccc(C#Cc2ccccc2)c(C2CCCCC2)c1N=C=S. The number of rotatable bonds is 6. The summed E-state index contributed by atoms with van der Waals surface area (Å²) in [5.74, 6) is 7.32. The fourth-order valence-corrected chi connectivity index (χ4v) is 4.26. The van der Waals surface area contributed by atoms with Crippen LogP contribution in [0.2, 0.25) is 0 Å². The van der Waals surface area contributed by atoms with Crippen LogP contribution in [0.1, 0.15) is 86.5 Å². The second kappa shape index (κ2) is 11.0. The van der Waals surface area contributed by atoms with Crippen LogP contribution in [0, 0.1) is 11.8 Å². The largest absolute Gasteiger partial charge is 0.194 e. The number of nitrogens with zero attached hydrogens (tertiary/aromatic N) is 1. The Balaban J connectivity index is 2.06. The first-order valence-corrected chi connectivity index (χ1v) is 11.0. The predicted octanol–water partition coefficient (Wildman–Crippen LogP) is 7.60. The highest BCUT2D eigenvalue weighted by Gasteiger charge is 2.23. The third-order valence-electron chi connectivity index (χ3n) is 5.64. The molecule has 1 nitrogen and oxygen atoms in total. The van der Waals surface area contributed by atoms with Crippen LogP contribution in [0.5, 0.6) is 0 Å². The molecule has 28 heavy (non-hydrogen) atoms. The van der Waals surface area contributed by atoms with Gasteiger partial charge in [-0.3, -0.25) is 0 Å². The van der Waals surface area contributed by atoms with Gasteiger partial charge in [0.15, 0.2) is 0 Å². The lowest BCUT2D eigenvalue weighted by Crippen LogP contribution is -2.08. The lowest BCUT2D eigenvalue weighted by molar-refractivity contribution is 0.443. The first kappa shape index (κ1) is 20.5. The van der Waals surface area contributed by atoms with Gasteiger partial charge in [0, 0.05) is 11.1 Å². The van der Waals surface area contributed by atoms with Gasteiger partial charge in [0.1, 0.15) is 0 Å². The molecule has 0 saturated heterocycles. The van der Waals surface area contributed by atoms with E-state index in [1.807, 2.05) is 18.2 Å². The van der Waals surface area contributed by atoms with E-state index in [1.54, 1.807) is 0 Å². The Kier molecular flexibility index (Phi) is 8.04. The maximum absolute atomic E-state index is 5.02. The smallest absolute Gasteiger partial charge is 0.0818 e. The minimum Gasteiger partial charge on any atom is -0.194 e. The minimum atomic E-state index is 0.530. The van der Waals surface area contributed by atoms with Crippen LogP contribution in [0.3, 0.4) is 0 Å². The molecule has 1 saturated carbocycles. The Morgan fingerprint density at radius 2 is 1.75 bits per heavy atom. The zero-order chi connectivity index (χ0) is 19.6. The van der Waals surface area contributed by atoms with E-state index in [1.165, 1.54) is 62.5 Å². The Labute approximate surface area is 175 Å². The molecule has 144 valence electrons. The highest BCUT2D eigenvalue weighted by molar-refractivity contribution is 7.78. The number of isothiocyanates is 1. The molecule has 3 rings (SSSR count). The summed E-state index contributed by atoms with van der Waals surface area (Å²) in [4.78, 5) is 4.57. The summed E-state index contributed by atoms with van der Waals surface area (Å²) in [5.41, 5.74) is 5.83. The van der Waals surface area contributed by atoms with Crippen molar-refractivity contribution in [2.45, 2.75) is 70.6 Å². The van der Waals surface area contributed by atoms with E-state index in [-0.39, 0.29) is 0 Å². The molecule has 2 aromatic rings. The molecule has 0 unspecified atom stereocenters. The Morgan fingerprint density at radius 1 is 0.964 bits per heavy atom. The van der Waals surface area contributed by atoms with Gasteiger partial charge in [0.2, 0.25) is 0 Å². The predicted molar refractivity (Wildman–Crippen MR) is 123 cm³/mol. The molecule has 0 aromatic heterocycles. The molecule has 0 spiro atoms. The molecule has 2 aromatic carbocycles. The summed E-state index contributed by atoms with van der Waals surface area (Å²) in [6.07, 6.45) is 11.1. The van der Waals surface area contributed by atoms with Crippen LogP contribution in [0.25, 0.3) is 0 Å². The van der Waals surface area contributed by atoms with Crippen LogP contribution >= 0.6 is 12.2 Å². The third kappa shape index (κ3) is 5.41. The summed E-state index contributed by atoms with van der Waals surface area (Å²) in [5, 5.41) is 2.66. The van der Waals surface area contributed by atoms with Gasteiger partial charge in [-0.2, -0.15) is 4.99 Å². The quantitative estimate of drug-likeness (QED) is 0.215. The van der Waals surface area contributed by atoms with E-state index in [2.05, 4.69) is 53.2 Å². The summed E-state index contributed by atoms with van der Waals surface area (Å²) < 4.78 is 0. The number of thiocarbonyl (C=S) groups is 1. The summed E-state index contributed by atoms with van der Waals surface area (Å²) in [7, 11) is 0. The highest BCUT2D eigenvalue weighted by atomic mass is 32.1. The van der Waals surface area contributed by atoms with Crippen molar-refractivity contribution in [3.05, 3.63) is 64.7 Å². The van der Waals surface area contributed by atoms with E-state index in [0.717, 1.165) is 23.2 Å².